The fourth-order valence-corrected chi connectivity index (χ4v) is 2.18. The van der Waals surface area contributed by atoms with Gasteiger partial charge in [0.2, 0.25) is 16.4 Å². The molecule has 0 aromatic carbocycles. The first-order valence-electron chi connectivity index (χ1n) is 4.79. The first-order valence-corrected chi connectivity index (χ1v) is 6.40. The Labute approximate surface area is 88.9 Å². The Morgan fingerprint density at radius 2 is 1.93 bits per heavy atom. The Morgan fingerprint density at radius 3 is 2.33 bits per heavy atom. The van der Waals surface area contributed by atoms with Gasteiger partial charge in [0.25, 0.3) is 0 Å². The summed E-state index contributed by atoms with van der Waals surface area (Å²) in [6, 6.07) is -0.732. The molecule has 0 radical (unpaired) electrons. The SMILES string of the molecule is CCS(=O)(=O)N(C=O)C(=O)N1CCCC1. The Balaban J connectivity index is 2.83. The minimum atomic E-state index is -3.77. The zero-order chi connectivity index (χ0) is 11.5. The molecule has 0 aliphatic carbocycles. The molecule has 15 heavy (non-hydrogen) atoms. The number of imide groups is 1. The quantitative estimate of drug-likeness (QED) is 0.645. The van der Waals surface area contributed by atoms with E-state index >= 15 is 0 Å². The number of carbonyl (C=O) groups excluding carboxylic acids is 2. The van der Waals surface area contributed by atoms with Crippen molar-refractivity contribution >= 4 is 22.5 Å². The molecule has 0 spiro atoms. The van der Waals surface area contributed by atoms with Crippen LogP contribution in [0.4, 0.5) is 4.79 Å². The highest BCUT2D eigenvalue weighted by Crippen LogP contribution is 2.12. The third kappa shape index (κ3) is 2.47. The maximum absolute atomic E-state index is 11.6. The standard InChI is InChI=1S/C8H14N2O4S/c1-2-15(13,14)10(7-11)8(12)9-5-3-4-6-9/h7H,2-6H2,1H3. The average Bonchev–Trinajstić information content (AvgIpc) is 2.71. The number of likely N-dealkylation sites (tertiary alicyclic amines) is 1. The third-order valence-corrected chi connectivity index (χ3v) is 3.90. The van der Waals surface area contributed by atoms with Gasteiger partial charge in [-0.1, -0.05) is 0 Å². The van der Waals surface area contributed by atoms with Crippen LogP contribution in [0, 0.1) is 0 Å². The summed E-state index contributed by atoms with van der Waals surface area (Å²) in [7, 11) is -3.77. The minimum Gasteiger partial charge on any atom is -0.323 e. The van der Waals surface area contributed by atoms with Gasteiger partial charge in [0.05, 0.1) is 5.75 Å². The maximum Gasteiger partial charge on any atom is 0.340 e. The predicted molar refractivity (Wildman–Crippen MR) is 53.6 cm³/mol. The van der Waals surface area contributed by atoms with E-state index in [0.717, 1.165) is 12.8 Å². The van der Waals surface area contributed by atoms with Gasteiger partial charge < -0.3 is 4.90 Å². The fraction of sp³-hybridized carbons (Fsp3) is 0.750. The second-order valence-corrected chi connectivity index (χ2v) is 5.41. The Bertz CT molecular complexity index is 346. The molecule has 0 aromatic rings. The van der Waals surface area contributed by atoms with E-state index in [1.54, 1.807) is 0 Å². The lowest BCUT2D eigenvalue weighted by molar-refractivity contribution is -0.112. The molecule has 1 aliphatic heterocycles. The molecule has 1 rings (SSSR count). The Morgan fingerprint density at radius 1 is 1.40 bits per heavy atom. The summed E-state index contributed by atoms with van der Waals surface area (Å²) in [4.78, 5) is 23.6. The lowest BCUT2D eigenvalue weighted by Gasteiger charge is -2.21. The number of amides is 3. The van der Waals surface area contributed by atoms with Crippen LogP contribution in [0.2, 0.25) is 0 Å². The zero-order valence-corrected chi connectivity index (χ0v) is 9.37. The van der Waals surface area contributed by atoms with Crippen molar-refractivity contribution in [2.24, 2.45) is 0 Å². The van der Waals surface area contributed by atoms with Gasteiger partial charge >= 0.3 is 6.03 Å². The number of rotatable bonds is 3. The smallest absolute Gasteiger partial charge is 0.323 e. The van der Waals surface area contributed by atoms with E-state index in [1.165, 1.54) is 11.8 Å². The van der Waals surface area contributed by atoms with Gasteiger partial charge in [0.15, 0.2) is 0 Å². The fourth-order valence-electron chi connectivity index (χ4n) is 1.42. The van der Waals surface area contributed by atoms with Crippen molar-refractivity contribution in [3.63, 3.8) is 0 Å². The molecule has 1 heterocycles. The van der Waals surface area contributed by atoms with Crippen molar-refractivity contribution in [2.75, 3.05) is 18.8 Å². The van der Waals surface area contributed by atoms with E-state index in [0.29, 0.717) is 17.4 Å². The van der Waals surface area contributed by atoms with Gasteiger partial charge in [-0.15, -0.1) is 0 Å². The normalized spacial score (nSPS) is 16.5. The number of urea groups is 1. The van der Waals surface area contributed by atoms with Crippen molar-refractivity contribution in [3.05, 3.63) is 0 Å². The number of hydrogen-bond donors (Lipinski definition) is 0. The summed E-state index contributed by atoms with van der Waals surface area (Å²) < 4.78 is 23.0. The molecule has 0 bridgehead atoms. The molecule has 3 amide bonds. The summed E-state index contributed by atoms with van der Waals surface area (Å²) in [5.74, 6) is -0.259. The molecule has 1 saturated heterocycles. The van der Waals surface area contributed by atoms with Gasteiger partial charge in [-0.2, -0.15) is 4.31 Å². The summed E-state index contributed by atoms with van der Waals surface area (Å²) in [6.45, 7) is 2.42. The second-order valence-electron chi connectivity index (χ2n) is 3.28. The summed E-state index contributed by atoms with van der Waals surface area (Å²) in [6.07, 6.45) is 1.77. The minimum absolute atomic E-state index is 0.0689. The predicted octanol–water partition coefficient (Wildman–Crippen LogP) is 0.0103. The van der Waals surface area contributed by atoms with Crippen LogP contribution in [0.3, 0.4) is 0 Å². The van der Waals surface area contributed by atoms with E-state index in [1.807, 2.05) is 0 Å². The van der Waals surface area contributed by atoms with Gasteiger partial charge in [-0.05, 0) is 19.8 Å². The van der Waals surface area contributed by atoms with Crippen molar-refractivity contribution in [1.29, 1.82) is 0 Å². The lowest BCUT2D eigenvalue weighted by atomic mass is 10.4. The second kappa shape index (κ2) is 4.61. The van der Waals surface area contributed by atoms with Crippen LogP contribution in [0.5, 0.6) is 0 Å². The molecule has 0 N–H and O–H groups in total. The van der Waals surface area contributed by atoms with Crippen molar-refractivity contribution < 1.29 is 18.0 Å². The van der Waals surface area contributed by atoms with E-state index in [9.17, 15) is 18.0 Å². The van der Waals surface area contributed by atoms with Crippen LogP contribution in [0.25, 0.3) is 0 Å². The topological polar surface area (TPSA) is 74.8 Å². The van der Waals surface area contributed by atoms with E-state index in [-0.39, 0.29) is 12.2 Å². The van der Waals surface area contributed by atoms with Crippen LogP contribution in [-0.4, -0.2) is 48.9 Å². The molecule has 1 aliphatic rings. The van der Waals surface area contributed by atoms with Gasteiger partial charge in [-0.25, -0.2) is 13.2 Å². The monoisotopic (exact) mass is 234 g/mol. The van der Waals surface area contributed by atoms with Crippen molar-refractivity contribution in [3.8, 4) is 0 Å². The van der Waals surface area contributed by atoms with Gasteiger partial charge in [0.1, 0.15) is 0 Å². The number of nitrogens with zero attached hydrogens (tertiary/aromatic N) is 2. The van der Waals surface area contributed by atoms with E-state index in [4.69, 9.17) is 0 Å². The number of sulfonamides is 1. The van der Waals surface area contributed by atoms with Crippen LogP contribution >= 0.6 is 0 Å². The molecule has 0 atom stereocenters. The molecule has 86 valence electrons. The maximum atomic E-state index is 11.6. The molecule has 6 nitrogen and oxygen atoms in total. The highest BCUT2D eigenvalue weighted by molar-refractivity contribution is 7.90. The molecular formula is C8H14N2O4S. The largest absolute Gasteiger partial charge is 0.340 e. The average molecular weight is 234 g/mol. The van der Waals surface area contributed by atoms with Crippen LogP contribution in [0.15, 0.2) is 0 Å². The summed E-state index contributed by atoms with van der Waals surface area (Å²) >= 11 is 0. The Kier molecular flexibility index (Phi) is 3.67. The van der Waals surface area contributed by atoms with Crippen molar-refractivity contribution in [1.82, 2.24) is 9.21 Å². The van der Waals surface area contributed by atoms with Gasteiger partial charge in [0, 0.05) is 13.1 Å². The zero-order valence-electron chi connectivity index (χ0n) is 8.55. The summed E-state index contributed by atoms with van der Waals surface area (Å²) in [5, 5.41) is 0. The molecule has 0 unspecified atom stereocenters. The van der Waals surface area contributed by atoms with Crippen LogP contribution < -0.4 is 0 Å². The van der Waals surface area contributed by atoms with Gasteiger partial charge in [-0.3, -0.25) is 4.79 Å². The summed E-state index contributed by atoms with van der Waals surface area (Å²) in [5.41, 5.74) is 0. The highest BCUT2D eigenvalue weighted by atomic mass is 32.2. The number of carbonyl (C=O) groups is 2. The first-order chi connectivity index (χ1) is 7.03. The molecule has 0 saturated carbocycles. The number of hydrogen-bond acceptors (Lipinski definition) is 4. The molecule has 0 aromatic heterocycles. The van der Waals surface area contributed by atoms with E-state index < -0.39 is 16.1 Å². The molecule has 7 heteroatoms. The van der Waals surface area contributed by atoms with Crippen molar-refractivity contribution in [2.45, 2.75) is 19.8 Å². The highest BCUT2D eigenvalue weighted by Gasteiger charge is 2.30. The third-order valence-electron chi connectivity index (χ3n) is 2.33. The van der Waals surface area contributed by atoms with Crippen LogP contribution in [0.1, 0.15) is 19.8 Å². The molecular weight excluding hydrogens is 220 g/mol. The molecule has 1 fully saturated rings. The Hall–Kier alpha value is -1.11. The van der Waals surface area contributed by atoms with E-state index in [2.05, 4.69) is 0 Å². The lowest BCUT2D eigenvalue weighted by Crippen LogP contribution is -2.44. The first kappa shape index (κ1) is 12.0. The van der Waals surface area contributed by atoms with Crippen LogP contribution in [-0.2, 0) is 14.8 Å².